The molecule has 2 nitrogen and oxygen atoms in total. The molecule has 0 aromatic heterocycles. The molecule has 0 aromatic rings. The van der Waals surface area contributed by atoms with E-state index in [9.17, 15) is 4.79 Å². The maximum Gasteiger partial charge on any atom is 0.293 e. The van der Waals surface area contributed by atoms with Crippen LogP contribution in [0.2, 0.25) is 0 Å². The third-order valence-corrected chi connectivity index (χ3v) is 2.62. The highest BCUT2D eigenvalue weighted by Crippen LogP contribution is 2.36. The smallest absolute Gasteiger partial charge is 0.293 e. The van der Waals surface area contributed by atoms with E-state index in [0.717, 1.165) is 12.8 Å². The van der Waals surface area contributed by atoms with Crippen molar-refractivity contribution in [2.24, 2.45) is 5.41 Å². The molecule has 0 saturated heterocycles. The molecule has 12 heavy (non-hydrogen) atoms. The van der Waals surface area contributed by atoms with Crippen molar-refractivity contribution < 1.29 is 9.53 Å². The summed E-state index contributed by atoms with van der Waals surface area (Å²) < 4.78 is 5.15. The van der Waals surface area contributed by atoms with E-state index < -0.39 is 0 Å². The van der Waals surface area contributed by atoms with E-state index in [0.29, 0.717) is 6.47 Å². The van der Waals surface area contributed by atoms with Crippen molar-refractivity contribution in [2.75, 3.05) is 0 Å². The first-order chi connectivity index (χ1) is 5.37. The Bertz CT molecular complexity index is 146. The third kappa shape index (κ3) is 2.50. The molecule has 0 rings (SSSR count). The van der Waals surface area contributed by atoms with Gasteiger partial charge in [0.15, 0.2) is 0 Å². The second-order valence-electron chi connectivity index (χ2n) is 4.44. The fourth-order valence-corrected chi connectivity index (χ4v) is 1.19. The van der Waals surface area contributed by atoms with E-state index in [2.05, 4.69) is 27.7 Å². The minimum absolute atomic E-state index is 0.00389. The Labute approximate surface area is 75.3 Å². The van der Waals surface area contributed by atoms with E-state index in [1.165, 1.54) is 0 Å². The monoisotopic (exact) mass is 172 g/mol. The highest BCUT2D eigenvalue weighted by Gasteiger charge is 2.38. The molecule has 72 valence electrons. The summed E-state index contributed by atoms with van der Waals surface area (Å²) >= 11 is 0. The van der Waals surface area contributed by atoms with Crippen LogP contribution in [0.5, 0.6) is 0 Å². The van der Waals surface area contributed by atoms with Gasteiger partial charge in [-0.15, -0.1) is 0 Å². The highest BCUT2D eigenvalue weighted by molar-refractivity contribution is 5.38. The molecular weight excluding hydrogens is 152 g/mol. The number of rotatable bonds is 4. The lowest BCUT2D eigenvalue weighted by Crippen LogP contribution is -2.42. The zero-order valence-corrected chi connectivity index (χ0v) is 8.81. The number of hydrogen-bond donors (Lipinski definition) is 0. The first kappa shape index (κ1) is 11.5. The molecule has 2 heteroatoms. The van der Waals surface area contributed by atoms with Crippen molar-refractivity contribution in [3.05, 3.63) is 0 Å². The predicted octanol–water partition coefficient (Wildman–Crippen LogP) is 2.76. The van der Waals surface area contributed by atoms with Gasteiger partial charge in [-0.2, -0.15) is 0 Å². The van der Waals surface area contributed by atoms with Gasteiger partial charge in [0.2, 0.25) is 0 Å². The summed E-state index contributed by atoms with van der Waals surface area (Å²) in [6.45, 7) is 10.9. The average Bonchev–Trinajstić information content (AvgIpc) is 1.86. The number of hydrogen-bond acceptors (Lipinski definition) is 2. The summed E-state index contributed by atoms with van der Waals surface area (Å²) in [5.41, 5.74) is -0.326. The normalized spacial score (nSPS) is 16.8. The zero-order chi connectivity index (χ0) is 9.83. The maximum atomic E-state index is 10.3. The van der Waals surface area contributed by atoms with Crippen LogP contribution < -0.4 is 0 Å². The summed E-state index contributed by atoms with van der Waals surface area (Å²) in [6, 6.07) is 0. The first-order valence-corrected chi connectivity index (χ1v) is 4.49. The molecule has 0 radical (unpaired) electrons. The van der Waals surface area contributed by atoms with Crippen LogP contribution in [-0.4, -0.2) is 12.1 Å². The van der Waals surface area contributed by atoms with Crippen molar-refractivity contribution >= 4 is 6.47 Å². The van der Waals surface area contributed by atoms with Crippen molar-refractivity contribution in [1.29, 1.82) is 0 Å². The standard InChI is InChI=1S/C10H20O2/c1-6-7-10(5,12-8-11)9(2,3)4/h8H,6-7H2,1-5H3. The van der Waals surface area contributed by atoms with E-state index in [1.807, 2.05) is 6.92 Å². The van der Waals surface area contributed by atoms with Crippen molar-refractivity contribution in [3.63, 3.8) is 0 Å². The summed E-state index contributed by atoms with van der Waals surface area (Å²) in [5.74, 6) is 0. The Morgan fingerprint density at radius 2 is 1.75 bits per heavy atom. The number of ether oxygens (including phenoxy) is 1. The predicted molar refractivity (Wildman–Crippen MR) is 49.9 cm³/mol. The Balaban J connectivity index is 4.48. The van der Waals surface area contributed by atoms with Crippen molar-refractivity contribution in [1.82, 2.24) is 0 Å². The average molecular weight is 172 g/mol. The second kappa shape index (κ2) is 3.92. The summed E-state index contributed by atoms with van der Waals surface area (Å²) in [4.78, 5) is 10.3. The van der Waals surface area contributed by atoms with Crippen LogP contribution in [0.15, 0.2) is 0 Å². The molecular formula is C10H20O2. The van der Waals surface area contributed by atoms with Gasteiger partial charge >= 0.3 is 0 Å². The molecule has 0 amide bonds. The van der Waals surface area contributed by atoms with Gasteiger partial charge in [0.25, 0.3) is 6.47 Å². The largest absolute Gasteiger partial charge is 0.461 e. The lowest BCUT2D eigenvalue weighted by atomic mass is 9.75. The van der Waals surface area contributed by atoms with Gasteiger partial charge in [0.05, 0.1) is 0 Å². The van der Waals surface area contributed by atoms with Gasteiger partial charge < -0.3 is 4.74 Å². The lowest BCUT2D eigenvalue weighted by molar-refractivity contribution is -0.155. The van der Waals surface area contributed by atoms with E-state index >= 15 is 0 Å². The zero-order valence-electron chi connectivity index (χ0n) is 8.81. The van der Waals surface area contributed by atoms with E-state index in [4.69, 9.17) is 4.74 Å². The molecule has 0 aliphatic heterocycles. The second-order valence-corrected chi connectivity index (χ2v) is 4.44. The molecule has 0 spiro atoms. The molecule has 1 atom stereocenters. The SMILES string of the molecule is CCCC(C)(OC=O)C(C)(C)C. The summed E-state index contributed by atoms with van der Waals surface area (Å²) in [6.07, 6.45) is 1.94. The molecule has 0 aromatic carbocycles. The van der Waals surface area contributed by atoms with Gasteiger partial charge in [0, 0.05) is 5.41 Å². The van der Waals surface area contributed by atoms with Crippen LogP contribution >= 0.6 is 0 Å². The fraction of sp³-hybridized carbons (Fsp3) is 0.900. The molecule has 1 unspecified atom stereocenters. The minimum atomic E-state index is -0.330. The Morgan fingerprint density at radius 1 is 1.25 bits per heavy atom. The highest BCUT2D eigenvalue weighted by atomic mass is 16.5. The lowest BCUT2D eigenvalue weighted by Gasteiger charge is -2.39. The minimum Gasteiger partial charge on any atom is -0.461 e. The number of carbonyl (C=O) groups excluding carboxylic acids is 1. The molecule has 0 aliphatic carbocycles. The maximum absolute atomic E-state index is 10.3. The van der Waals surface area contributed by atoms with Crippen LogP contribution in [-0.2, 0) is 9.53 Å². The van der Waals surface area contributed by atoms with Gasteiger partial charge in [-0.1, -0.05) is 34.1 Å². The third-order valence-electron chi connectivity index (χ3n) is 2.62. The van der Waals surface area contributed by atoms with Crippen LogP contribution in [0.1, 0.15) is 47.5 Å². The quantitative estimate of drug-likeness (QED) is 0.609. The Morgan fingerprint density at radius 3 is 2.00 bits per heavy atom. The molecule has 0 fully saturated rings. The number of carbonyl (C=O) groups is 1. The molecule has 0 aliphatic rings. The molecule has 0 N–H and O–H groups in total. The molecule has 0 heterocycles. The van der Waals surface area contributed by atoms with Crippen LogP contribution in [0, 0.1) is 5.41 Å². The van der Waals surface area contributed by atoms with Gasteiger partial charge in [-0.25, -0.2) is 0 Å². The summed E-state index contributed by atoms with van der Waals surface area (Å²) in [7, 11) is 0. The van der Waals surface area contributed by atoms with Gasteiger partial charge in [0.1, 0.15) is 5.60 Å². The van der Waals surface area contributed by atoms with Crippen molar-refractivity contribution in [2.45, 2.75) is 53.1 Å². The van der Waals surface area contributed by atoms with Crippen molar-refractivity contribution in [3.8, 4) is 0 Å². The van der Waals surface area contributed by atoms with Gasteiger partial charge in [-0.05, 0) is 13.3 Å². The Kier molecular flexibility index (Phi) is 3.75. The van der Waals surface area contributed by atoms with E-state index in [1.54, 1.807) is 0 Å². The summed E-state index contributed by atoms with van der Waals surface area (Å²) in [5, 5.41) is 0. The van der Waals surface area contributed by atoms with Crippen LogP contribution in [0.25, 0.3) is 0 Å². The van der Waals surface area contributed by atoms with E-state index in [-0.39, 0.29) is 11.0 Å². The first-order valence-electron chi connectivity index (χ1n) is 4.49. The topological polar surface area (TPSA) is 26.3 Å². The molecule has 0 saturated carbocycles. The Hall–Kier alpha value is -0.530. The van der Waals surface area contributed by atoms with Crippen LogP contribution in [0.3, 0.4) is 0 Å². The van der Waals surface area contributed by atoms with Crippen LogP contribution in [0.4, 0.5) is 0 Å². The van der Waals surface area contributed by atoms with Gasteiger partial charge in [-0.3, -0.25) is 4.79 Å². The fourth-order valence-electron chi connectivity index (χ4n) is 1.19. The molecule has 0 bridgehead atoms.